The predicted octanol–water partition coefficient (Wildman–Crippen LogP) is 15.0. The highest BCUT2D eigenvalue weighted by atomic mass is 35.5. The number of rotatable bonds is 22. The van der Waals surface area contributed by atoms with Crippen LogP contribution in [0.25, 0.3) is 0 Å². The molecule has 5 N–H and O–H groups in total. The van der Waals surface area contributed by atoms with Crippen LogP contribution in [0.3, 0.4) is 0 Å². The molecule has 6 amide bonds. The smallest absolute Gasteiger partial charge is 0.280 e. The zero-order chi connectivity index (χ0) is 60.6. The molecule has 84 heavy (non-hydrogen) atoms. The first-order chi connectivity index (χ1) is 40.3. The van der Waals surface area contributed by atoms with Gasteiger partial charge in [0.2, 0.25) is 17.7 Å². The molecule has 3 unspecified atom stereocenters. The average Bonchev–Trinajstić information content (AvgIpc) is 2.41. The lowest BCUT2D eigenvalue weighted by Crippen LogP contribution is -2.38. The van der Waals surface area contributed by atoms with Crippen molar-refractivity contribution in [1.82, 2.24) is 20.5 Å². The van der Waals surface area contributed by atoms with Gasteiger partial charge in [0.05, 0.1) is 38.6 Å². The van der Waals surface area contributed by atoms with E-state index in [0.29, 0.717) is 49.1 Å². The molecule has 3 atom stereocenters. The fourth-order valence-electron chi connectivity index (χ4n) is 8.89. The maximum absolute atomic E-state index is 14.1. The summed E-state index contributed by atoms with van der Waals surface area (Å²) < 4.78 is 6.88. The van der Waals surface area contributed by atoms with E-state index in [2.05, 4.69) is 50.7 Å². The molecule has 0 bridgehead atoms. The number of carbonyl (C=O) groups is 6. The maximum Gasteiger partial charge on any atom is 0.280 e. The Kier molecular flexibility index (Phi) is 23.7. The van der Waals surface area contributed by atoms with Crippen molar-refractivity contribution in [3.8, 4) is 5.75 Å². The van der Waals surface area contributed by atoms with Gasteiger partial charge in [0.1, 0.15) is 28.2 Å². The number of nitrogens with zero attached hydrogens (tertiary/aromatic N) is 6. The van der Waals surface area contributed by atoms with Gasteiger partial charge in [-0.1, -0.05) is 147 Å². The SMILES string of the molecule is CCCCC(CC)C(=O)Nc1ccc(Cl)c(N=C2NN(c3c(Cl)cc(Cl)cc3OC)C(=O)C2Sc2ccccc2NC(C)=O)c1.CCCCCCCC(=O)Nc1cccc(C(=O)NC2=NN(c3c(Cl)cc(Cl)cc3Cl)C(=O)C2n2cccn2)c1. The molecule has 3 heterocycles. The Morgan fingerprint density at radius 1 is 0.726 bits per heavy atom. The van der Waals surface area contributed by atoms with E-state index in [-0.39, 0.29) is 73.1 Å². The summed E-state index contributed by atoms with van der Waals surface area (Å²) in [6.45, 7) is 7.65. The number of hydrogen-bond acceptors (Lipinski definition) is 11. The van der Waals surface area contributed by atoms with Crippen molar-refractivity contribution in [1.29, 1.82) is 0 Å². The first kappa shape index (κ1) is 64.7. The largest absolute Gasteiger partial charge is 0.494 e. The standard InChI is InChI=1S/C32H34Cl3N5O4S.C27H27Cl3N6O3/c1-5-7-10-19(6-2)31(42)37-21-13-14-22(34)25(17-21)38-30-29(45-27-12-9-8-11-24(27)36-18(3)41)32(43)40(39-30)28-23(35)15-20(33)16-26(28)44-4;1-2-3-4-5-6-11-22(37)32-19-10-7-9-17(14-19)26(38)33-25-24(35-13-8-12-31-35)27(39)36(34-25)23-20(29)15-18(28)16-21(23)30/h8-9,11-17,19,29H,5-7,10H2,1-4H3,(H,36,41)(H,37,42)(H,38,39);7-10,12-16,24H,2-6,11H2,1H3,(H,32,37)(H,33,34,38). The Hall–Kier alpha value is -6.84. The molecule has 2 aliphatic heterocycles. The third-order valence-corrected chi connectivity index (χ3v) is 16.0. The highest BCUT2D eigenvalue weighted by molar-refractivity contribution is 8.01. The molecular formula is C59H61Cl6N11O7S. The fraction of sp³-hybridized carbons (Fsp3) is 0.305. The number of unbranched alkanes of at least 4 members (excludes halogenated alkanes) is 5. The molecule has 0 aliphatic carbocycles. The number of amidine groups is 2. The van der Waals surface area contributed by atoms with E-state index < -0.39 is 29.0 Å². The van der Waals surface area contributed by atoms with Crippen molar-refractivity contribution < 1.29 is 33.5 Å². The number of hydrogen-bond donors (Lipinski definition) is 5. The minimum Gasteiger partial charge on any atom is -0.494 e. The second-order valence-corrected chi connectivity index (χ2v) is 22.9. The van der Waals surface area contributed by atoms with Gasteiger partial charge in [-0.2, -0.15) is 10.1 Å². The molecule has 25 heteroatoms. The summed E-state index contributed by atoms with van der Waals surface area (Å²) in [7, 11) is 1.45. The predicted molar refractivity (Wildman–Crippen MR) is 338 cm³/mol. The number of hydrazone groups is 1. The number of ether oxygens (including phenoxy) is 1. The summed E-state index contributed by atoms with van der Waals surface area (Å²) in [6, 6.07) is 25.2. The van der Waals surface area contributed by atoms with E-state index in [1.54, 1.807) is 85.1 Å². The van der Waals surface area contributed by atoms with Crippen molar-refractivity contribution in [3.05, 3.63) is 145 Å². The second-order valence-electron chi connectivity index (χ2n) is 19.3. The summed E-state index contributed by atoms with van der Waals surface area (Å²) in [5.41, 5.74) is 5.64. The van der Waals surface area contributed by atoms with Crippen molar-refractivity contribution in [2.45, 2.75) is 108 Å². The third-order valence-electron chi connectivity index (χ3n) is 13.1. The second kappa shape index (κ2) is 30.8. The van der Waals surface area contributed by atoms with Crippen LogP contribution in [-0.2, 0) is 24.0 Å². The quantitative estimate of drug-likeness (QED) is 0.0405. The average molecular weight is 1280 g/mol. The summed E-state index contributed by atoms with van der Waals surface area (Å²) in [6.07, 6.45) is 12.2. The maximum atomic E-state index is 14.1. The molecular weight excluding hydrogens is 1220 g/mol. The molecule has 0 saturated carbocycles. The van der Waals surface area contributed by atoms with E-state index in [9.17, 15) is 28.8 Å². The summed E-state index contributed by atoms with van der Waals surface area (Å²) in [5.74, 6) is -1.45. The van der Waals surface area contributed by atoms with Crippen LogP contribution in [0.2, 0.25) is 30.1 Å². The van der Waals surface area contributed by atoms with Gasteiger partial charge < -0.3 is 26.0 Å². The third kappa shape index (κ3) is 16.7. The van der Waals surface area contributed by atoms with E-state index >= 15 is 0 Å². The molecule has 0 spiro atoms. The number of benzene rings is 5. The Balaban J connectivity index is 0.000000243. The minimum absolute atomic E-state index is 0.0253. The number of thioether (sulfide) groups is 1. The molecule has 8 rings (SSSR count). The van der Waals surface area contributed by atoms with Gasteiger partial charge in [-0.25, -0.2) is 10.0 Å². The number of nitrogens with one attached hydrogen (secondary N) is 5. The lowest BCUT2D eigenvalue weighted by Gasteiger charge is -2.20. The van der Waals surface area contributed by atoms with Crippen LogP contribution in [0.15, 0.2) is 124 Å². The number of hydrazine groups is 1. The van der Waals surface area contributed by atoms with Gasteiger partial charge in [0.25, 0.3) is 17.7 Å². The molecule has 18 nitrogen and oxygen atoms in total. The van der Waals surface area contributed by atoms with Crippen LogP contribution in [0.4, 0.5) is 34.1 Å². The topological polar surface area (TPSA) is 221 Å². The van der Waals surface area contributed by atoms with Gasteiger partial charge in [0, 0.05) is 69.6 Å². The monoisotopic (exact) mass is 1280 g/mol. The van der Waals surface area contributed by atoms with E-state index in [4.69, 9.17) is 79.3 Å². The molecule has 0 radical (unpaired) electrons. The minimum atomic E-state index is -1.07. The van der Waals surface area contributed by atoms with E-state index in [1.807, 2.05) is 6.92 Å². The van der Waals surface area contributed by atoms with Gasteiger partial charge in [-0.15, -0.1) is 16.9 Å². The van der Waals surface area contributed by atoms with Gasteiger partial charge in [0.15, 0.2) is 11.9 Å². The number of para-hydroxylation sites is 1. The molecule has 5 aromatic carbocycles. The molecule has 1 aromatic heterocycles. The van der Waals surface area contributed by atoms with Crippen LogP contribution < -0.4 is 41.4 Å². The first-order valence-electron chi connectivity index (χ1n) is 27.0. The van der Waals surface area contributed by atoms with Gasteiger partial charge in [-0.3, -0.25) is 38.9 Å². The van der Waals surface area contributed by atoms with Crippen molar-refractivity contribution in [3.63, 3.8) is 0 Å². The van der Waals surface area contributed by atoms with Crippen molar-refractivity contribution in [2.75, 3.05) is 33.1 Å². The summed E-state index contributed by atoms with van der Waals surface area (Å²) in [4.78, 5) is 83.4. The zero-order valence-electron chi connectivity index (χ0n) is 46.4. The molecule has 6 aromatic rings. The Bertz CT molecular complexity index is 3440. The summed E-state index contributed by atoms with van der Waals surface area (Å²) >= 11 is 39.2. The Labute approximate surface area is 521 Å². The lowest BCUT2D eigenvalue weighted by molar-refractivity contribution is -0.120. The first-order valence-corrected chi connectivity index (χ1v) is 30.1. The molecule has 442 valence electrons. The molecule has 1 fully saturated rings. The Morgan fingerprint density at radius 3 is 2.10 bits per heavy atom. The van der Waals surface area contributed by atoms with Crippen LogP contribution in [-0.4, -0.2) is 69.3 Å². The zero-order valence-corrected chi connectivity index (χ0v) is 51.8. The number of halogens is 6. The highest BCUT2D eigenvalue weighted by Crippen LogP contribution is 2.44. The van der Waals surface area contributed by atoms with Crippen molar-refractivity contribution in [2.24, 2.45) is 16.0 Å². The van der Waals surface area contributed by atoms with E-state index in [1.165, 1.54) is 59.9 Å². The molecule has 1 saturated heterocycles. The van der Waals surface area contributed by atoms with Crippen LogP contribution in [0.5, 0.6) is 5.75 Å². The van der Waals surface area contributed by atoms with Crippen molar-refractivity contribution >= 4 is 163 Å². The fourth-order valence-corrected chi connectivity index (χ4v) is 11.7. The Morgan fingerprint density at radius 2 is 1.42 bits per heavy atom. The van der Waals surface area contributed by atoms with Crippen LogP contribution >= 0.6 is 81.4 Å². The molecule has 2 aliphatic rings. The number of carbonyl (C=O) groups excluding carboxylic acids is 6. The number of amides is 6. The number of methoxy groups -OCH3 is 1. The number of aromatic nitrogens is 2. The highest BCUT2D eigenvalue weighted by Gasteiger charge is 2.43. The van der Waals surface area contributed by atoms with Crippen LogP contribution in [0.1, 0.15) is 108 Å². The normalized spacial score (nSPS) is 15.5. The summed E-state index contributed by atoms with van der Waals surface area (Å²) in [5, 5.41) is 22.6. The van der Waals surface area contributed by atoms with Crippen LogP contribution in [0, 0.1) is 5.92 Å². The lowest BCUT2D eigenvalue weighted by atomic mass is 9.98. The number of aliphatic imine (C=N–C) groups is 1. The number of anilines is 5. The van der Waals surface area contributed by atoms with E-state index in [0.717, 1.165) is 62.8 Å². The van der Waals surface area contributed by atoms with Gasteiger partial charge in [-0.05, 0) is 92.1 Å². The van der Waals surface area contributed by atoms with Gasteiger partial charge >= 0.3 is 0 Å².